The molecule has 3 N–H and O–H groups in total. The lowest BCUT2D eigenvalue weighted by Crippen LogP contribution is -2.51. The molecule has 0 aliphatic carbocycles. The normalized spacial score (nSPS) is 19.6. The van der Waals surface area contributed by atoms with Crippen molar-refractivity contribution in [3.8, 4) is 0 Å². The monoisotopic (exact) mass is 514 g/mol. The molecule has 28 heavy (non-hydrogen) atoms. The SMILES string of the molecule is CN=C(NCC(NC(=O)OC(C)(C)C)C(C)C)NC(C)COC1CCOC1.I. The first kappa shape index (κ1) is 27.2. The number of amides is 1. The van der Waals surface area contributed by atoms with E-state index in [1.165, 1.54) is 0 Å². The number of hydrogen-bond donors (Lipinski definition) is 3. The number of nitrogens with zero attached hydrogens (tertiary/aromatic N) is 1. The fourth-order valence-electron chi connectivity index (χ4n) is 2.51. The molecule has 1 fully saturated rings. The summed E-state index contributed by atoms with van der Waals surface area (Å²) in [5, 5.41) is 9.49. The van der Waals surface area contributed by atoms with Crippen molar-refractivity contribution < 1.29 is 19.0 Å². The van der Waals surface area contributed by atoms with E-state index < -0.39 is 11.7 Å². The number of hydrogen-bond acceptors (Lipinski definition) is 5. The largest absolute Gasteiger partial charge is 0.444 e. The second-order valence-corrected chi connectivity index (χ2v) is 8.31. The van der Waals surface area contributed by atoms with Gasteiger partial charge in [0.1, 0.15) is 5.60 Å². The van der Waals surface area contributed by atoms with Gasteiger partial charge in [0.15, 0.2) is 5.96 Å². The highest BCUT2D eigenvalue weighted by Gasteiger charge is 2.22. The third-order valence-corrected chi connectivity index (χ3v) is 4.07. The summed E-state index contributed by atoms with van der Waals surface area (Å²) in [6, 6.07) is 0.0220. The maximum absolute atomic E-state index is 12.0. The van der Waals surface area contributed by atoms with Crippen LogP contribution in [0.25, 0.3) is 0 Å². The van der Waals surface area contributed by atoms with Gasteiger partial charge in [0.05, 0.1) is 25.4 Å². The minimum absolute atomic E-state index is 0. The molecule has 1 saturated heterocycles. The number of alkyl carbamates (subject to hydrolysis) is 1. The van der Waals surface area contributed by atoms with Gasteiger partial charge in [-0.2, -0.15) is 0 Å². The van der Waals surface area contributed by atoms with Crippen LogP contribution >= 0.6 is 24.0 Å². The van der Waals surface area contributed by atoms with E-state index in [-0.39, 0.29) is 48.1 Å². The Labute approximate surface area is 186 Å². The zero-order valence-corrected chi connectivity index (χ0v) is 20.7. The summed E-state index contributed by atoms with van der Waals surface area (Å²) in [5.74, 6) is 0.914. The van der Waals surface area contributed by atoms with Crippen molar-refractivity contribution in [2.75, 3.05) is 33.4 Å². The van der Waals surface area contributed by atoms with E-state index in [1.54, 1.807) is 7.05 Å². The highest BCUT2D eigenvalue weighted by atomic mass is 127. The lowest BCUT2D eigenvalue weighted by molar-refractivity contribution is 0.0347. The van der Waals surface area contributed by atoms with Gasteiger partial charge in [0.25, 0.3) is 0 Å². The summed E-state index contributed by atoms with van der Waals surface area (Å²) in [6.07, 6.45) is 0.727. The Morgan fingerprint density at radius 1 is 1.25 bits per heavy atom. The van der Waals surface area contributed by atoms with Gasteiger partial charge in [0, 0.05) is 26.2 Å². The van der Waals surface area contributed by atoms with E-state index in [0.717, 1.165) is 13.0 Å². The Bertz CT molecular complexity index is 477. The van der Waals surface area contributed by atoms with Crippen LogP contribution < -0.4 is 16.0 Å². The summed E-state index contributed by atoms with van der Waals surface area (Å²) in [7, 11) is 1.72. The molecule has 0 radical (unpaired) electrons. The molecule has 9 heteroatoms. The summed E-state index contributed by atoms with van der Waals surface area (Å²) in [5.41, 5.74) is -0.517. The van der Waals surface area contributed by atoms with Crippen LogP contribution in [-0.4, -0.2) is 69.3 Å². The number of halogens is 1. The van der Waals surface area contributed by atoms with Gasteiger partial charge in [0.2, 0.25) is 0 Å². The number of ether oxygens (including phenoxy) is 3. The molecule has 1 aliphatic rings. The third-order valence-electron chi connectivity index (χ3n) is 4.07. The third kappa shape index (κ3) is 11.9. The van der Waals surface area contributed by atoms with Gasteiger partial charge in [-0.3, -0.25) is 4.99 Å². The van der Waals surface area contributed by atoms with Crippen LogP contribution in [0.2, 0.25) is 0 Å². The highest BCUT2D eigenvalue weighted by Crippen LogP contribution is 2.09. The van der Waals surface area contributed by atoms with Gasteiger partial charge < -0.3 is 30.2 Å². The van der Waals surface area contributed by atoms with Gasteiger partial charge in [-0.1, -0.05) is 13.8 Å². The number of aliphatic imine (C=N–C) groups is 1. The molecule has 0 aromatic rings. The molecule has 0 spiro atoms. The molecule has 0 saturated carbocycles. The molecule has 166 valence electrons. The first-order valence-corrected chi connectivity index (χ1v) is 9.76. The van der Waals surface area contributed by atoms with Crippen molar-refractivity contribution in [3.05, 3.63) is 0 Å². The molecule has 8 nitrogen and oxygen atoms in total. The molecule has 3 unspecified atom stereocenters. The summed E-state index contributed by atoms with van der Waals surface area (Å²) < 4.78 is 16.5. The molecule has 1 heterocycles. The molecular formula is C19H39IN4O4. The van der Waals surface area contributed by atoms with Crippen molar-refractivity contribution in [3.63, 3.8) is 0 Å². The van der Waals surface area contributed by atoms with Crippen LogP contribution in [0.1, 0.15) is 48.0 Å². The zero-order chi connectivity index (χ0) is 20.4. The lowest BCUT2D eigenvalue weighted by Gasteiger charge is -2.27. The summed E-state index contributed by atoms with van der Waals surface area (Å²) >= 11 is 0. The zero-order valence-electron chi connectivity index (χ0n) is 18.3. The Hall–Kier alpha value is -0.810. The number of guanidine groups is 1. The van der Waals surface area contributed by atoms with Gasteiger partial charge in [-0.25, -0.2) is 4.79 Å². The number of carbonyl (C=O) groups excluding carboxylic acids is 1. The van der Waals surface area contributed by atoms with Crippen LogP contribution in [0.15, 0.2) is 4.99 Å². The highest BCUT2D eigenvalue weighted by molar-refractivity contribution is 14.0. The van der Waals surface area contributed by atoms with E-state index in [2.05, 4.69) is 34.8 Å². The predicted molar refractivity (Wildman–Crippen MR) is 123 cm³/mol. The van der Waals surface area contributed by atoms with Crippen LogP contribution in [0.5, 0.6) is 0 Å². The first-order valence-electron chi connectivity index (χ1n) is 9.76. The first-order chi connectivity index (χ1) is 12.6. The molecular weight excluding hydrogens is 475 g/mol. The maximum atomic E-state index is 12.0. The predicted octanol–water partition coefficient (Wildman–Crippen LogP) is 2.51. The van der Waals surface area contributed by atoms with Crippen LogP contribution in [0, 0.1) is 5.92 Å². The van der Waals surface area contributed by atoms with E-state index in [1.807, 2.05) is 27.7 Å². The molecule has 3 atom stereocenters. The quantitative estimate of drug-likeness (QED) is 0.262. The fraction of sp³-hybridized carbons (Fsp3) is 0.895. The van der Waals surface area contributed by atoms with E-state index in [0.29, 0.717) is 25.7 Å². The number of carbonyl (C=O) groups is 1. The molecule has 1 aliphatic heterocycles. The minimum atomic E-state index is -0.517. The molecule has 1 rings (SSSR count). The van der Waals surface area contributed by atoms with Gasteiger partial charge in [-0.05, 0) is 40.0 Å². The summed E-state index contributed by atoms with van der Waals surface area (Å²) in [6.45, 7) is 14.3. The second-order valence-electron chi connectivity index (χ2n) is 8.31. The van der Waals surface area contributed by atoms with E-state index >= 15 is 0 Å². The van der Waals surface area contributed by atoms with Crippen LogP contribution in [0.3, 0.4) is 0 Å². The molecule has 0 bridgehead atoms. The average Bonchev–Trinajstić information content (AvgIpc) is 3.06. The maximum Gasteiger partial charge on any atom is 0.407 e. The fourth-order valence-corrected chi connectivity index (χ4v) is 2.51. The lowest BCUT2D eigenvalue weighted by atomic mass is 10.0. The minimum Gasteiger partial charge on any atom is -0.444 e. The summed E-state index contributed by atoms with van der Waals surface area (Å²) in [4.78, 5) is 16.3. The van der Waals surface area contributed by atoms with E-state index in [9.17, 15) is 4.79 Å². The Kier molecular flexibility index (Phi) is 13.0. The Morgan fingerprint density at radius 3 is 2.43 bits per heavy atom. The molecule has 1 amide bonds. The van der Waals surface area contributed by atoms with Gasteiger partial charge >= 0.3 is 6.09 Å². The molecule has 0 aromatic carbocycles. The van der Waals surface area contributed by atoms with Crippen molar-refractivity contribution in [1.82, 2.24) is 16.0 Å². The second kappa shape index (κ2) is 13.4. The van der Waals surface area contributed by atoms with Gasteiger partial charge in [-0.15, -0.1) is 24.0 Å². The van der Waals surface area contributed by atoms with Crippen LogP contribution in [-0.2, 0) is 14.2 Å². The van der Waals surface area contributed by atoms with Crippen molar-refractivity contribution in [2.45, 2.75) is 71.8 Å². The van der Waals surface area contributed by atoms with Crippen molar-refractivity contribution in [1.29, 1.82) is 0 Å². The smallest absolute Gasteiger partial charge is 0.407 e. The standard InChI is InChI=1S/C19H38N4O4.HI/c1-13(2)16(23-18(24)27-19(4,5)6)10-21-17(20-7)22-14(3)11-26-15-8-9-25-12-15;/h13-16H,8-12H2,1-7H3,(H,23,24)(H2,20,21,22);1H. The van der Waals surface area contributed by atoms with E-state index in [4.69, 9.17) is 14.2 Å². The number of rotatable bonds is 8. The van der Waals surface area contributed by atoms with Crippen molar-refractivity contribution in [2.24, 2.45) is 10.9 Å². The topological polar surface area (TPSA) is 93.2 Å². The number of nitrogens with one attached hydrogen (secondary N) is 3. The Morgan fingerprint density at radius 2 is 1.93 bits per heavy atom. The van der Waals surface area contributed by atoms with Crippen LogP contribution in [0.4, 0.5) is 4.79 Å². The molecule has 0 aromatic heterocycles. The van der Waals surface area contributed by atoms with Crippen molar-refractivity contribution >= 4 is 36.0 Å². The average molecular weight is 514 g/mol. The Balaban J connectivity index is 0.00000729.